The number of rotatable bonds is 4. The van der Waals surface area contributed by atoms with Gasteiger partial charge in [-0.3, -0.25) is 19.3 Å². The second-order valence-corrected chi connectivity index (χ2v) is 7.09. The third kappa shape index (κ3) is 3.51. The number of anilines is 2. The third-order valence-corrected chi connectivity index (χ3v) is 5.20. The Labute approximate surface area is 167 Å². The lowest BCUT2D eigenvalue weighted by atomic mass is 10.2. The number of benzene rings is 2. The van der Waals surface area contributed by atoms with Gasteiger partial charge in [0.25, 0.3) is 5.91 Å². The van der Waals surface area contributed by atoms with Crippen LogP contribution < -0.4 is 9.80 Å². The molecule has 1 atom stereocenters. The minimum Gasteiger partial charge on any atom is -0.449 e. The third-order valence-electron chi connectivity index (χ3n) is 5.20. The zero-order chi connectivity index (χ0) is 20.5. The number of ether oxygens (including phenoxy) is 1. The zero-order valence-corrected chi connectivity index (χ0v) is 16.0. The molecule has 2 heterocycles. The van der Waals surface area contributed by atoms with Crippen LogP contribution in [0.4, 0.5) is 11.4 Å². The normalized spacial score (nSPS) is 16.7. The first-order chi connectivity index (χ1) is 14.0. The number of nitrogens with zero attached hydrogens (tertiary/aromatic N) is 2. The van der Waals surface area contributed by atoms with Gasteiger partial charge in [0.05, 0.1) is 11.3 Å². The number of imide groups is 1. The highest BCUT2D eigenvalue weighted by Crippen LogP contribution is 2.28. The Morgan fingerprint density at radius 2 is 1.59 bits per heavy atom. The van der Waals surface area contributed by atoms with Crippen LogP contribution in [-0.2, 0) is 25.5 Å². The van der Waals surface area contributed by atoms with E-state index in [1.807, 2.05) is 24.3 Å². The average Bonchev–Trinajstić information content (AvgIpc) is 3.30. The number of para-hydroxylation sites is 1. The Morgan fingerprint density at radius 3 is 2.28 bits per heavy atom. The number of carbonyl (C=O) groups excluding carboxylic acids is 4. The summed E-state index contributed by atoms with van der Waals surface area (Å²) in [4.78, 5) is 51.6. The SMILES string of the molecule is C[C@H](OC(=O)c1ccc(N2C(=O)CCC2=O)cc1)C(=O)N1CCc2ccccc21. The van der Waals surface area contributed by atoms with Gasteiger partial charge in [0.2, 0.25) is 11.8 Å². The lowest BCUT2D eigenvalue weighted by Gasteiger charge is -2.21. The Balaban J connectivity index is 1.42. The molecule has 1 saturated heterocycles. The monoisotopic (exact) mass is 392 g/mol. The van der Waals surface area contributed by atoms with Crippen LogP contribution in [0.15, 0.2) is 48.5 Å². The molecule has 2 aromatic rings. The molecule has 0 spiro atoms. The number of amides is 3. The van der Waals surface area contributed by atoms with E-state index in [1.165, 1.54) is 24.3 Å². The lowest BCUT2D eigenvalue weighted by Crippen LogP contribution is -2.39. The van der Waals surface area contributed by atoms with E-state index in [0.29, 0.717) is 12.2 Å². The molecule has 148 valence electrons. The van der Waals surface area contributed by atoms with Crippen LogP contribution in [0, 0.1) is 0 Å². The molecular formula is C22H20N2O5. The summed E-state index contributed by atoms with van der Waals surface area (Å²) in [6.07, 6.45) is 0.233. The summed E-state index contributed by atoms with van der Waals surface area (Å²) in [5.74, 6) is -1.41. The van der Waals surface area contributed by atoms with E-state index < -0.39 is 12.1 Å². The van der Waals surface area contributed by atoms with Gasteiger partial charge in [-0.1, -0.05) is 18.2 Å². The van der Waals surface area contributed by atoms with Crippen LogP contribution in [0.2, 0.25) is 0 Å². The second-order valence-electron chi connectivity index (χ2n) is 7.09. The lowest BCUT2D eigenvalue weighted by molar-refractivity contribution is -0.126. The molecule has 29 heavy (non-hydrogen) atoms. The van der Waals surface area contributed by atoms with Crippen LogP contribution in [0.1, 0.15) is 35.7 Å². The molecule has 0 radical (unpaired) electrons. The standard InChI is InChI=1S/C22H20N2O5/c1-14(21(27)23-13-12-15-4-2-3-5-18(15)23)29-22(28)16-6-8-17(9-7-16)24-19(25)10-11-20(24)26/h2-9,14H,10-13H2,1H3/t14-/m0/s1. The number of hydrogen-bond acceptors (Lipinski definition) is 5. The van der Waals surface area contributed by atoms with Gasteiger partial charge in [0.1, 0.15) is 0 Å². The van der Waals surface area contributed by atoms with Crippen LogP contribution in [0.5, 0.6) is 0 Å². The van der Waals surface area contributed by atoms with Crippen molar-refractivity contribution in [2.45, 2.75) is 32.3 Å². The van der Waals surface area contributed by atoms with E-state index in [1.54, 1.807) is 11.8 Å². The molecule has 2 aliphatic rings. The van der Waals surface area contributed by atoms with Crippen LogP contribution in [-0.4, -0.2) is 36.3 Å². The van der Waals surface area contributed by atoms with Gasteiger partial charge in [-0.15, -0.1) is 0 Å². The van der Waals surface area contributed by atoms with Gasteiger partial charge in [-0.05, 0) is 49.2 Å². The number of carbonyl (C=O) groups is 4. The van der Waals surface area contributed by atoms with Gasteiger partial charge in [-0.25, -0.2) is 4.79 Å². The van der Waals surface area contributed by atoms with Gasteiger partial charge in [-0.2, -0.15) is 0 Å². The number of fused-ring (bicyclic) bond motifs is 1. The summed E-state index contributed by atoms with van der Waals surface area (Å²) in [6, 6.07) is 13.7. The Morgan fingerprint density at radius 1 is 0.931 bits per heavy atom. The quantitative estimate of drug-likeness (QED) is 0.590. The van der Waals surface area contributed by atoms with Gasteiger partial charge in [0, 0.05) is 25.1 Å². The number of esters is 1. The zero-order valence-electron chi connectivity index (χ0n) is 16.0. The summed E-state index contributed by atoms with van der Waals surface area (Å²) in [5.41, 5.74) is 2.62. The van der Waals surface area contributed by atoms with E-state index in [-0.39, 0.29) is 36.1 Å². The van der Waals surface area contributed by atoms with Crippen LogP contribution in [0.3, 0.4) is 0 Å². The van der Waals surface area contributed by atoms with Crippen molar-refractivity contribution >= 4 is 35.1 Å². The Kier molecular flexibility index (Phi) is 4.88. The smallest absolute Gasteiger partial charge is 0.338 e. The molecule has 0 bridgehead atoms. The molecule has 4 rings (SSSR count). The maximum Gasteiger partial charge on any atom is 0.338 e. The highest BCUT2D eigenvalue weighted by molar-refractivity contribution is 6.19. The summed E-state index contributed by atoms with van der Waals surface area (Å²) >= 11 is 0. The molecular weight excluding hydrogens is 372 g/mol. The highest BCUT2D eigenvalue weighted by Gasteiger charge is 2.31. The van der Waals surface area contributed by atoms with E-state index in [2.05, 4.69) is 0 Å². The fraction of sp³-hybridized carbons (Fsp3) is 0.273. The van der Waals surface area contributed by atoms with Crippen molar-refractivity contribution in [2.75, 3.05) is 16.3 Å². The van der Waals surface area contributed by atoms with Gasteiger partial charge >= 0.3 is 5.97 Å². The minimum atomic E-state index is -0.935. The molecule has 7 nitrogen and oxygen atoms in total. The van der Waals surface area contributed by atoms with Gasteiger partial charge in [0.15, 0.2) is 6.10 Å². The molecule has 0 aromatic heterocycles. The van der Waals surface area contributed by atoms with Crippen molar-refractivity contribution in [3.05, 3.63) is 59.7 Å². The molecule has 0 aliphatic carbocycles. The molecule has 1 fully saturated rings. The minimum absolute atomic E-state index is 0.196. The van der Waals surface area contributed by atoms with Crippen molar-refractivity contribution < 1.29 is 23.9 Å². The first-order valence-electron chi connectivity index (χ1n) is 9.52. The molecule has 2 aliphatic heterocycles. The largest absolute Gasteiger partial charge is 0.449 e. The first kappa shape index (κ1) is 18.9. The van der Waals surface area contributed by atoms with Crippen molar-refractivity contribution in [1.82, 2.24) is 0 Å². The van der Waals surface area contributed by atoms with Crippen LogP contribution in [0.25, 0.3) is 0 Å². The molecule has 0 N–H and O–H groups in total. The predicted molar refractivity (Wildman–Crippen MR) is 106 cm³/mol. The first-order valence-corrected chi connectivity index (χ1v) is 9.52. The highest BCUT2D eigenvalue weighted by atomic mass is 16.5. The van der Waals surface area contributed by atoms with Crippen molar-refractivity contribution in [3.63, 3.8) is 0 Å². The van der Waals surface area contributed by atoms with Crippen LogP contribution >= 0.6 is 0 Å². The van der Waals surface area contributed by atoms with Gasteiger partial charge < -0.3 is 9.64 Å². The summed E-state index contributed by atoms with van der Waals surface area (Å²) in [6.45, 7) is 2.11. The van der Waals surface area contributed by atoms with E-state index >= 15 is 0 Å². The van der Waals surface area contributed by atoms with Crippen molar-refractivity contribution in [2.24, 2.45) is 0 Å². The maximum atomic E-state index is 12.7. The van der Waals surface area contributed by atoms with E-state index in [9.17, 15) is 19.2 Å². The molecule has 0 saturated carbocycles. The Bertz CT molecular complexity index is 983. The van der Waals surface area contributed by atoms with Crippen molar-refractivity contribution in [3.8, 4) is 0 Å². The molecule has 0 unspecified atom stereocenters. The predicted octanol–water partition coefficient (Wildman–Crippen LogP) is 2.47. The molecule has 2 aromatic carbocycles. The summed E-state index contributed by atoms with van der Waals surface area (Å²) in [7, 11) is 0. The van der Waals surface area contributed by atoms with Crippen molar-refractivity contribution in [1.29, 1.82) is 0 Å². The molecule has 7 heteroatoms. The van der Waals surface area contributed by atoms with E-state index in [4.69, 9.17) is 4.74 Å². The number of hydrogen-bond donors (Lipinski definition) is 0. The fourth-order valence-electron chi connectivity index (χ4n) is 3.68. The fourth-order valence-corrected chi connectivity index (χ4v) is 3.68. The summed E-state index contributed by atoms with van der Waals surface area (Å²) < 4.78 is 5.36. The average molecular weight is 392 g/mol. The Hall–Kier alpha value is -3.48. The maximum absolute atomic E-state index is 12.7. The van der Waals surface area contributed by atoms with E-state index in [0.717, 1.165) is 22.6 Å². The topological polar surface area (TPSA) is 84.0 Å². The second kappa shape index (κ2) is 7.50. The summed E-state index contributed by atoms with van der Waals surface area (Å²) in [5, 5.41) is 0. The molecule has 3 amide bonds.